The van der Waals surface area contributed by atoms with E-state index in [9.17, 15) is 4.79 Å². The average Bonchev–Trinajstić information content (AvgIpc) is 2.04. The molecule has 1 rings (SSSR count). The summed E-state index contributed by atoms with van der Waals surface area (Å²) in [5, 5.41) is 11.7. The second-order valence-electron chi connectivity index (χ2n) is 2.81. The Kier molecular flexibility index (Phi) is 2.65. The molecule has 2 N–H and O–H groups in total. The molecule has 0 spiro atoms. The van der Waals surface area contributed by atoms with Gasteiger partial charge in [0.2, 0.25) is 0 Å². The standard InChI is InChI=1S/C8H13NO2/c1-2-6-4-3-5-9-7(6)8(10)11/h2,6-7,9H,1,3-5H2,(H,10,11)/t6?,7-/m1/s1. The van der Waals surface area contributed by atoms with E-state index in [1.54, 1.807) is 6.08 Å². The van der Waals surface area contributed by atoms with Crippen LogP contribution in [0.5, 0.6) is 0 Å². The van der Waals surface area contributed by atoms with Gasteiger partial charge in [0.15, 0.2) is 0 Å². The van der Waals surface area contributed by atoms with Gasteiger partial charge in [-0.3, -0.25) is 4.79 Å². The Morgan fingerprint density at radius 3 is 2.91 bits per heavy atom. The SMILES string of the molecule is C=CC1CCCN[C@H]1C(=O)O. The summed E-state index contributed by atoms with van der Waals surface area (Å²) in [6, 6.07) is -0.416. The molecule has 11 heavy (non-hydrogen) atoms. The topological polar surface area (TPSA) is 49.3 Å². The molecule has 3 nitrogen and oxygen atoms in total. The van der Waals surface area contributed by atoms with Gasteiger partial charge in [-0.05, 0) is 19.4 Å². The van der Waals surface area contributed by atoms with Crippen LogP contribution in [0.2, 0.25) is 0 Å². The normalized spacial score (nSPS) is 31.3. The molecule has 1 unspecified atom stereocenters. The Hall–Kier alpha value is -0.830. The first-order valence-electron chi connectivity index (χ1n) is 3.84. The Balaban J connectivity index is 2.58. The zero-order chi connectivity index (χ0) is 8.27. The molecule has 1 aliphatic heterocycles. The molecule has 0 bridgehead atoms. The van der Waals surface area contributed by atoms with E-state index in [-0.39, 0.29) is 5.92 Å². The molecule has 0 aromatic heterocycles. The highest BCUT2D eigenvalue weighted by molar-refractivity contribution is 5.74. The van der Waals surface area contributed by atoms with Crippen LogP contribution in [-0.2, 0) is 4.79 Å². The van der Waals surface area contributed by atoms with Crippen molar-refractivity contribution in [2.45, 2.75) is 18.9 Å². The van der Waals surface area contributed by atoms with Crippen molar-refractivity contribution in [3.63, 3.8) is 0 Å². The van der Waals surface area contributed by atoms with Crippen LogP contribution >= 0.6 is 0 Å². The first kappa shape index (κ1) is 8.27. The summed E-state index contributed by atoms with van der Waals surface area (Å²) in [7, 11) is 0. The zero-order valence-corrected chi connectivity index (χ0v) is 6.42. The maximum absolute atomic E-state index is 10.6. The molecule has 1 aliphatic rings. The van der Waals surface area contributed by atoms with E-state index in [2.05, 4.69) is 11.9 Å². The lowest BCUT2D eigenvalue weighted by molar-refractivity contribution is -0.141. The molecule has 62 valence electrons. The van der Waals surface area contributed by atoms with Gasteiger partial charge >= 0.3 is 5.97 Å². The maximum atomic E-state index is 10.6. The van der Waals surface area contributed by atoms with E-state index in [1.165, 1.54) is 0 Å². The summed E-state index contributed by atoms with van der Waals surface area (Å²) in [4.78, 5) is 10.6. The van der Waals surface area contributed by atoms with Crippen LogP contribution in [-0.4, -0.2) is 23.7 Å². The second-order valence-corrected chi connectivity index (χ2v) is 2.81. The van der Waals surface area contributed by atoms with E-state index >= 15 is 0 Å². The van der Waals surface area contributed by atoms with Gasteiger partial charge in [-0.15, -0.1) is 6.58 Å². The molecule has 2 atom stereocenters. The van der Waals surface area contributed by atoms with Crippen molar-refractivity contribution in [2.75, 3.05) is 6.54 Å². The smallest absolute Gasteiger partial charge is 0.321 e. The number of carboxylic acid groups (broad SMARTS) is 1. The van der Waals surface area contributed by atoms with Crippen LogP contribution in [0.4, 0.5) is 0 Å². The number of carbonyl (C=O) groups is 1. The number of hydrogen-bond donors (Lipinski definition) is 2. The molecule has 3 heteroatoms. The fourth-order valence-corrected chi connectivity index (χ4v) is 1.44. The monoisotopic (exact) mass is 155 g/mol. The minimum Gasteiger partial charge on any atom is -0.480 e. The van der Waals surface area contributed by atoms with Crippen LogP contribution in [0.3, 0.4) is 0 Å². The van der Waals surface area contributed by atoms with E-state index in [0.29, 0.717) is 0 Å². The van der Waals surface area contributed by atoms with Crippen molar-refractivity contribution in [3.05, 3.63) is 12.7 Å². The van der Waals surface area contributed by atoms with Gasteiger partial charge in [0.1, 0.15) is 6.04 Å². The molecule has 1 saturated heterocycles. The fraction of sp³-hybridized carbons (Fsp3) is 0.625. The average molecular weight is 155 g/mol. The van der Waals surface area contributed by atoms with Crippen molar-refractivity contribution in [1.29, 1.82) is 0 Å². The largest absolute Gasteiger partial charge is 0.480 e. The van der Waals surface area contributed by atoms with Gasteiger partial charge in [-0.25, -0.2) is 0 Å². The number of hydrogen-bond acceptors (Lipinski definition) is 2. The van der Waals surface area contributed by atoms with E-state index < -0.39 is 12.0 Å². The lowest BCUT2D eigenvalue weighted by Crippen LogP contribution is -2.46. The van der Waals surface area contributed by atoms with Gasteiger partial charge < -0.3 is 10.4 Å². The minimum atomic E-state index is -0.769. The van der Waals surface area contributed by atoms with Crippen molar-refractivity contribution < 1.29 is 9.90 Å². The van der Waals surface area contributed by atoms with Crippen LogP contribution in [0.25, 0.3) is 0 Å². The summed E-state index contributed by atoms with van der Waals surface area (Å²) in [6.07, 6.45) is 3.71. The highest BCUT2D eigenvalue weighted by atomic mass is 16.4. The second kappa shape index (κ2) is 3.53. The quantitative estimate of drug-likeness (QED) is 0.575. The number of rotatable bonds is 2. The number of carboxylic acids is 1. The number of piperidine rings is 1. The molecule has 0 radical (unpaired) electrons. The van der Waals surface area contributed by atoms with Crippen molar-refractivity contribution in [3.8, 4) is 0 Å². The predicted molar refractivity (Wildman–Crippen MR) is 42.3 cm³/mol. The predicted octanol–water partition coefficient (Wildman–Crippen LogP) is 0.625. The van der Waals surface area contributed by atoms with Gasteiger partial charge in [-0.2, -0.15) is 0 Å². The lowest BCUT2D eigenvalue weighted by Gasteiger charge is -2.26. The van der Waals surface area contributed by atoms with Crippen molar-refractivity contribution >= 4 is 5.97 Å². The molecule has 0 saturated carbocycles. The summed E-state index contributed by atoms with van der Waals surface area (Å²) in [6.45, 7) is 4.42. The van der Waals surface area contributed by atoms with Crippen LogP contribution in [0.1, 0.15) is 12.8 Å². The number of aliphatic carboxylic acids is 1. The lowest BCUT2D eigenvalue weighted by atomic mass is 9.91. The van der Waals surface area contributed by atoms with Gasteiger partial charge in [0, 0.05) is 5.92 Å². The van der Waals surface area contributed by atoms with E-state index in [1.807, 2.05) is 0 Å². The molecule has 0 aromatic carbocycles. The van der Waals surface area contributed by atoms with Gasteiger partial charge in [0.25, 0.3) is 0 Å². The van der Waals surface area contributed by atoms with Crippen molar-refractivity contribution in [2.24, 2.45) is 5.92 Å². The zero-order valence-electron chi connectivity index (χ0n) is 6.42. The minimum absolute atomic E-state index is 0.0984. The third kappa shape index (κ3) is 1.80. The molecule has 0 aromatic rings. The van der Waals surface area contributed by atoms with E-state index in [4.69, 9.17) is 5.11 Å². The maximum Gasteiger partial charge on any atom is 0.321 e. The third-order valence-electron chi connectivity index (χ3n) is 2.08. The molecule has 0 amide bonds. The van der Waals surface area contributed by atoms with Crippen LogP contribution < -0.4 is 5.32 Å². The third-order valence-corrected chi connectivity index (χ3v) is 2.08. The van der Waals surface area contributed by atoms with Crippen molar-refractivity contribution in [1.82, 2.24) is 5.32 Å². The summed E-state index contributed by atoms with van der Waals surface area (Å²) >= 11 is 0. The van der Waals surface area contributed by atoms with Crippen LogP contribution in [0, 0.1) is 5.92 Å². The first-order valence-corrected chi connectivity index (χ1v) is 3.84. The molecule has 1 fully saturated rings. The van der Waals surface area contributed by atoms with Gasteiger partial charge in [-0.1, -0.05) is 6.08 Å². The summed E-state index contributed by atoms with van der Waals surface area (Å²) in [5.74, 6) is -0.671. The number of nitrogens with one attached hydrogen (secondary N) is 1. The van der Waals surface area contributed by atoms with Crippen LogP contribution in [0.15, 0.2) is 12.7 Å². The Morgan fingerprint density at radius 1 is 1.73 bits per heavy atom. The van der Waals surface area contributed by atoms with Gasteiger partial charge in [0.05, 0.1) is 0 Å². The summed E-state index contributed by atoms with van der Waals surface area (Å²) < 4.78 is 0. The highest BCUT2D eigenvalue weighted by Crippen LogP contribution is 2.17. The molecular formula is C8H13NO2. The fourth-order valence-electron chi connectivity index (χ4n) is 1.44. The first-order chi connectivity index (χ1) is 5.25. The highest BCUT2D eigenvalue weighted by Gasteiger charge is 2.27. The molecule has 0 aliphatic carbocycles. The Labute approximate surface area is 66.1 Å². The Morgan fingerprint density at radius 2 is 2.45 bits per heavy atom. The summed E-state index contributed by atoms with van der Waals surface area (Å²) in [5.41, 5.74) is 0. The Bertz CT molecular complexity index is 167. The molecule has 1 heterocycles. The molecular weight excluding hydrogens is 142 g/mol. The van der Waals surface area contributed by atoms with E-state index in [0.717, 1.165) is 19.4 Å².